The van der Waals surface area contributed by atoms with Crippen LogP contribution in [0.5, 0.6) is 0 Å². The van der Waals surface area contributed by atoms with Gasteiger partial charge in [-0.2, -0.15) is 0 Å². The second-order valence-corrected chi connectivity index (χ2v) is 2.89. The Morgan fingerprint density at radius 1 is 1.33 bits per heavy atom. The first-order valence-electron chi connectivity index (χ1n) is 2.94. The highest BCUT2D eigenvalue weighted by Crippen LogP contribution is 2.09. The summed E-state index contributed by atoms with van der Waals surface area (Å²) >= 11 is 2.16. The molecular weight excluding hydrogens is 227 g/mol. The van der Waals surface area contributed by atoms with Gasteiger partial charge in [0.05, 0.1) is 0 Å². The molecule has 0 bridgehead atoms. The van der Waals surface area contributed by atoms with Gasteiger partial charge < -0.3 is 4.79 Å². The van der Waals surface area contributed by atoms with Gasteiger partial charge in [0, 0.05) is 5.92 Å². The molecule has 0 aromatic rings. The predicted molar refractivity (Wildman–Crippen MR) is 47.6 cm³/mol. The molecule has 0 unspecified atom stereocenters. The molecule has 0 rings (SSSR count). The lowest BCUT2D eigenvalue weighted by Gasteiger charge is -2.06. The van der Waals surface area contributed by atoms with Crippen molar-refractivity contribution in [3.63, 3.8) is 0 Å². The molecule has 0 N–H and O–H groups in total. The van der Waals surface area contributed by atoms with Gasteiger partial charge in [0.15, 0.2) is 0 Å². The fourth-order valence-corrected chi connectivity index (χ4v) is 1.07. The van der Waals surface area contributed by atoms with Crippen molar-refractivity contribution in [2.45, 2.75) is 13.8 Å². The van der Waals surface area contributed by atoms with Crippen LogP contribution in [0.15, 0.2) is 10.2 Å². The Morgan fingerprint density at radius 2 is 1.89 bits per heavy atom. The first-order valence-corrected chi connectivity index (χ1v) is 4.19. The maximum absolute atomic E-state index is 10.2. The number of allylic oxidation sites excluding steroid dienone is 1. The number of aldehydes is 1. The Bertz CT molecular complexity index is 109. The van der Waals surface area contributed by atoms with Gasteiger partial charge in [-0.05, 0) is 10.0 Å². The summed E-state index contributed by atoms with van der Waals surface area (Å²) in [5.41, 5.74) is 0. The lowest BCUT2D eigenvalue weighted by atomic mass is 9.98. The highest BCUT2D eigenvalue weighted by Gasteiger charge is 2.05. The Labute approximate surface area is 69.7 Å². The molecule has 0 saturated heterocycles. The molecule has 2 atom stereocenters. The quantitative estimate of drug-likeness (QED) is 0.545. The first kappa shape index (κ1) is 9.14. The molecule has 0 amide bonds. The number of carbonyl (C=O) groups is 1. The molecule has 52 valence electrons. The van der Waals surface area contributed by atoms with E-state index in [1.54, 1.807) is 0 Å². The maximum Gasteiger partial charge on any atom is 0.123 e. The van der Waals surface area contributed by atoms with E-state index in [4.69, 9.17) is 0 Å². The van der Waals surface area contributed by atoms with Gasteiger partial charge in [0.2, 0.25) is 0 Å². The van der Waals surface area contributed by atoms with Crippen LogP contribution in [0.2, 0.25) is 0 Å². The molecule has 0 aromatic heterocycles. The highest BCUT2D eigenvalue weighted by atomic mass is 127. The average Bonchev–Trinajstić information content (AvgIpc) is 1.87. The van der Waals surface area contributed by atoms with Crippen molar-refractivity contribution < 1.29 is 4.79 Å². The van der Waals surface area contributed by atoms with Gasteiger partial charge in [-0.25, -0.2) is 0 Å². The molecule has 2 heteroatoms. The zero-order chi connectivity index (χ0) is 7.28. The van der Waals surface area contributed by atoms with E-state index in [1.165, 1.54) is 0 Å². The van der Waals surface area contributed by atoms with E-state index in [0.717, 1.165) is 6.29 Å². The fourth-order valence-electron chi connectivity index (χ4n) is 0.414. The Balaban J connectivity index is 3.71. The van der Waals surface area contributed by atoms with Crippen LogP contribution >= 0.6 is 22.6 Å². The number of hydrogen-bond donors (Lipinski definition) is 0. The number of halogens is 1. The third-order valence-corrected chi connectivity index (χ3v) is 1.84. The number of hydrogen-bond acceptors (Lipinski definition) is 1. The van der Waals surface area contributed by atoms with Crippen molar-refractivity contribution in [3.8, 4) is 0 Å². The lowest BCUT2D eigenvalue weighted by molar-refractivity contribution is -0.111. The number of carbonyl (C=O) groups excluding carboxylic acids is 1. The second kappa shape index (κ2) is 4.97. The normalized spacial score (nSPS) is 17.7. The minimum absolute atomic E-state index is 0.149. The predicted octanol–water partition coefficient (Wildman–Crippen LogP) is 2.41. The van der Waals surface area contributed by atoms with Crippen LogP contribution in [0.1, 0.15) is 13.8 Å². The maximum atomic E-state index is 10.2. The van der Waals surface area contributed by atoms with Crippen LogP contribution in [-0.4, -0.2) is 6.29 Å². The molecule has 9 heavy (non-hydrogen) atoms. The van der Waals surface area contributed by atoms with Crippen LogP contribution in [-0.2, 0) is 4.79 Å². The molecule has 0 aromatic carbocycles. The molecule has 0 saturated carbocycles. The van der Waals surface area contributed by atoms with Crippen molar-refractivity contribution in [2.75, 3.05) is 0 Å². The van der Waals surface area contributed by atoms with Crippen LogP contribution in [0, 0.1) is 11.8 Å². The summed E-state index contributed by atoms with van der Waals surface area (Å²) in [6.45, 7) is 3.96. The minimum Gasteiger partial charge on any atom is -0.303 e. The number of rotatable bonds is 3. The van der Waals surface area contributed by atoms with E-state index < -0.39 is 0 Å². The van der Waals surface area contributed by atoms with Crippen molar-refractivity contribution in [2.24, 2.45) is 11.8 Å². The molecule has 0 fully saturated rings. The van der Waals surface area contributed by atoms with E-state index in [0.29, 0.717) is 5.92 Å². The summed E-state index contributed by atoms with van der Waals surface area (Å²) in [5.74, 6) is 0.524. The van der Waals surface area contributed by atoms with E-state index >= 15 is 0 Å². The van der Waals surface area contributed by atoms with Crippen molar-refractivity contribution in [1.82, 2.24) is 0 Å². The summed E-state index contributed by atoms with van der Waals surface area (Å²) in [4.78, 5) is 10.2. The highest BCUT2D eigenvalue weighted by molar-refractivity contribution is 14.1. The minimum atomic E-state index is 0.149. The van der Waals surface area contributed by atoms with Crippen LogP contribution < -0.4 is 0 Å². The van der Waals surface area contributed by atoms with E-state index in [-0.39, 0.29) is 5.92 Å². The Hall–Kier alpha value is 0.140. The van der Waals surface area contributed by atoms with Gasteiger partial charge in [-0.3, -0.25) is 0 Å². The van der Waals surface area contributed by atoms with Gasteiger partial charge in [0.25, 0.3) is 0 Å². The topological polar surface area (TPSA) is 17.1 Å². The summed E-state index contributed by atoms with van der Waals surface area (Å²) in [7, 11) is 0. The van der Waals surface area contributed by atoms with Crippen molar-refractivity contribution in [1.29, 1.82) is 0 Å². The van der Waals surface area contributed by atoms with Gasteiger partial charge in [-0.1, -0.05) is 42.5 Å². The molecule has 0 aliphatic heterocycles. The summed E-state index contributed by atoms with van der Waals surface area (Å²) < 4.78 is 1.95. The van der Waals surface area contributed by atoms with Gasteiger partial charge in [0.1, 0.15) is 6.29 Å². The summed E-state index contributed by atoms with van der Waals surface area (Å²) in [6.07, 6.45) is 3.01. The van der Waals surface area contributed by atoms with Crippen LogP contribution in [0.3, 0.4) is 0 Å². The molecule has 1 nitrogen and oxygen atoms in total. The standard InChI is InChI=1S/C7H11IO/c1-6(3-4-8)7(2)5-9/h3-7H,1-2H3/b4-3-/t6-,7+/m1/s1. The first-order chi connectivity index (χ1) is 4.22. The third kappa shape index (κ3) is 3.67. The lowest BCUT2D eigenvalue weighted by Crippen LogP contribution is -2.05. The SMILES string of the molecule is C[C@H](/C=C\I)[C@@H](C)C=O. The zero-order valence-corrected chi connectivity index (χ0v) is 7.83. The van der Waals surface area contributed by atoms with E-state index in [2.05, 4.69) is 22.6 Å². The molecule has 0 aliphatic carbocycles. The molecule has 0 heterocycles. The summed E-state index contributed by atoms with van der Waals surface area (Å²) in [6, 6.07) is 0. The largest absolute Gasteiger partial charge is 0.303 e. The van der Waals surface area contributed by atoms with Crippen molar-refractivity contribution in [3.05, 3.63) is 10.2 Å². The zero-order valence-electron chi connectivity index (χ0n) is 5.67. The summed E-state index contributed by atoms with van der Waals surface area (Å²) in [5, 5.41) is 0. The van der Waals surface area contributed by atoms with Crippen LogP contribution in [0.25, 0.3) is 0 Å². The van der Waals surface area contributed by atoms with Gasteiger partial charge >= 0.3 is 0 Å². The van der Waals surface area contributed by atoms with Gasteiger partial charge in [-0.15, -0.1) is 0 Å². The van der Waals surface area contributed by atoms with Crippen LogP contribution in [0.4, 0.5) is 0 Å². The molecule has 0 radical (unpaired) electrons. The molecule has 0 aliphatic rings. The smallest absolute Gasteiger partial charge is 0.123 e. The Morgan fingerprint density at radius 3 is 2.22 bits per heavy atom. The molecular formula is C7H11IO. The second-order valence-electron chi connectivity index (χ2n) is 2.17. The monoisotopic (exact) mass is 238 g/mol. The van der Waals surface area contributed by atoms with Crippen molar-refractivity contribution >= 4 is 28.9 Å². The van der Waals surface area contributed by atoms with E-state index in [9.17, 15) is 4.79 Å². The third-order valence-electron chi connectivity index (χ3n) is 1.42. The Kier molecular flexibility index (Phi) is 5.04. The fraction of sp³-hybridized carbons (Fsp3) is 0.571. The van der Waals surface area contributed by atoms with E-state index in [1.807, 2.05) is 24.0 Å². The average molecular weight is 238 g/mol. The molecule has 0 spiro atoms.